The van der Waals surface area contributed by atoms with Gasteiger partial charge in [-0.1, -0.05) is 17.7 Å². The Labute approximate surface area is 231 Å². The Balaban J connectivity index is 1.49. The van der Waals surface area contributed by atoms with Crippen LogP contribution in [0.2, 0.25) is 5.02 Å². The average Bonchev–Trinajstić information content (AvgIpc) is 3.66. The zero-order valence-electron chi connectivity index (χ0n) is 20.4. The number of tetrazole rings is 1. The Morgan fingerprint density at radius 2 is 1.83 bits per heavy atom. The number of benzene rings is 1. The monoisotopic (exact) mass is 595 g/mol. The van der Waals surface area contributed by atoms with E-state index in [4.69, 9.17) is 11.6 Å². The van der Waals surface area contributed by atoms with Gasteiger partial charge in [0.15, 0.2) is 5.82 Å². The van der Waals surface area contributed by atoms with E-state index in [1.807, 2.05) is 0 Å². The first-order chi connectivity index (χ1) is 19.6. The van der Waals surface area contributed by atoms with Crippen molar-refractivity contribution in [2.24, 2.45) is 0 Å². The maximum atomic E-state index is 15.1. The number of rotatable bonds is 9. The minimum Gasteiger partial charge on any atom is -0.323 e. The fraction of sp³-hybridized carbons (Fsp3) is 0.208. The highest BCUT2D eigenvalue weighted by Crippen LogP contribution is 2.34. The Morgan fingerprint density at radius 1 is 1.00 bits per heavy atom. The molecule has 0 radical (unpaired) electrons. The molecule has 10 nitrogen and oxygen atoms in total. The lowest BCUT2D eigenvalue weighted by Gasteiger charge is -2.18. The number of aromatic nitrogens is 9. The van der Waals surface area contributed by atoms with Gasteiger partial charge in [0, 0.05) is 35.3 Å². The summed E-state index contributed by atoms with van der Waals surface area (Å²) in [7, 11) is 0. The van der Waals surface area contributed by atoms with Crippen molar-refractivity contribution < 1.29 is 31.1 Å². The molecule has 0 aliphatic carbocycles. The Kier molecular flexibility index (Phi) is 7.94. The molecule has 0 aliphatic heterocycles. The van der Waals surface area contributed by atoms with Gasteiger partial charge in [0.1, 0.15) is 6.33 Å². The number of nitrogens with zero attached hydrogens (tertiary/aromatic N) is 9. The van der Waals surface area contributed by atoms with Crippen LogP contribution in [-0.4, -0.2) is 58.2 Å². The molecule has 0 aliphatic rings. The Hall–Kier alpha value is -4.44. The molecule has 4 heterocycles. The molecule has 0 N–H and O–H groups in total. The molecule has 1 unspecified atom stereocenters. The summed E-state index contributed by atoms with van der Waals surface area (Å²) < 4.78 is 86.8. The number of alkyl halides is 5. The van der Waals surface area contributed by atoms with Crippen LogP contribution >= 0.6 is 11.6 Å². The van der Waals surface area contributed by atoms with Gasteiger partial charge in [-0.15, -0.1) is 5.10 Å². The topological polar surface area (TPSA) is 109 Å². The van der Waals surface area contributed by atoms with Crippen molar-refractivity contribution in [3.05, 3.63) is 83.8 Å². The van der Waals surface area contributed by atoms with Gasteiger partial charge >= 0.3 is 12.8 Å². The van der Waals surface area contributed by atoms with E-state index in [9.17, 15) is 22.0 Å². The van der Waals surface area contributed by atoms with E-state index in [0.29, 0.717) is 11.3 Å². The summed E-state index contributed by atoms with van der Waals surface area (Å²) in [6, 6.07) is 6.43. The average molecular weight is 596 g/mol. The highest BCUT2D eigenvalue weighted by molar-refractivity contribution is 6.31. The van der Waals surface area contributed by atoms with Gasteiger partial charge < -0.3 is 4.74 Å². The van der Waals surface area contributed by atoms with Crippen LogP contribution in [0.3, 0.4) is 0 Å². The largest absolute Gasteiger partial charge is 0.451 e. The van der Waals surface area contributed by atoms with E-state index in [1.165, 1.54) is 64.6 Å². The van der Waals surface area contributed by atoms with E-state index in [0.717, 1.165) is 6.20 Å². The molecule has 212 valence electrons. The van der Waals surface area contributed by atoms with Crippen molar-refractivity contribution >= 4 is 11.6 Å². The van der Waals surface area contributed by atoms with Crippen molar-refractivity contribution in [2.75, 3.05) is 6.61 Å². The zero-order chi connectivity index (χ0) is 29.1. The summed E-state index contributed by atoms with van der Waals surface area (Å²) in [5.41, 5.74) is 1.16. The van der Waals surface area contributed by atoms with Gasteiger partial charge in [0.25, 0.3) is 0 Å². The third-order valence-corrected chi connectivity index (χ3v) is 6.14. The molecule has 0 bridgehead atoms. The minimum atomic E-state index is -4.75. The standard InChI is InChI=1S/C24H16ClF6N9O/c25-15-2-4-19(40-12-34-37-38-40)20(21(15)26)13-1-3-17(33-9-13)18(6-8-41-23(27)28)39-11-14(10-35-39)16-5-7-32-22(36-16)24(29,30)31/h1-5,7,9-12,18,23H,6,8H2. The second-order valence-corrected chi connectivity index (χ2v) is 8.80. The maximum Gasteiger partial charge on any atom is 0.451 e. The number of hydrogen-bond acceptors (Lipinski definition) is 8. The summed E-state index contributed by atoms with van der Waals surface area (Å²) in [5.74, 6) is -2.06. The quantitative estimate of drug-likeness (QED) is 0.208. The summed E-state index contributed by atoms with van der Waals surface area (Å²) in [4.78, 5) is 11.2. The molecule has 1 aromatic carbocycles. The molecule has 1 atom stereocenters. The van der Waals surface area contributed by atoms with E-state index in [2.05, 4.69) is 40.3 Å². The van der Waals surface area contributed by atoms with Crippen molar-refractivity contribution in [1.29, 1.82) is 0 Å². The molecular formula is C24H16ClF6N9O. The molecular weight excluding hydrogens is 580 g/mol. The number of halogens is 7. The van der Waals surface area contributed by atoms with E-state index in [-0.39, 0.29) is 40.6 Å². The first-order valence-corrected chi connectivity index (χ1v) is 12.0. The first kappa shape index (κ1) is 28.1. The van der Waals surface area contributed by atoms with Gasteiger partial charge in [-0.25, -0.2) is 14.4 Å². The molecule has 41 heavy (non-hydrogen) atoms. The predicted molar refractivity (Wildman–Crippen MR) is 130 cm³/mol. The highest BCUT2D eigenvalue weighted by atomic mass is 35.5. The SMILES string of the molecule is Fc1c(Cl)ccc(-n2cnnn2)c1-c1ccc(C(CCOC(F)F)n2cc(-c3ccnc(C(F)(F)F)n3)cn2)nc1. The Morgan fingerprint density at radius 3 is 2.51 bits per heavy atom. The summed E-state index contributed by atoms with van der Waals surface area (Å²) in [6.45, 7) is -3.41. The fourth-order valence-electron chi connectivity index (χ4n) is 4.01. The van der Waals surface area contributed by atoms with Crippen LogP contribution in [0, 0.1) is 5.82 Å². The van der Waals surface area contributed by atoms with Crippen LogP contribution in [0.15, 0.2) is 61.4 Å². The second-order valence-electron chi connectivity index (χ2n) is 8.39. The van der Waals surface area contributed by atoms with Gasteiger partial charge in [-0.3, -0.25) is 9.67 Å². The lowest BCUT2D eigenvalue weighted by atomic mass is 10.0. The normalized spacial score (nSPS) is 12.7. The minimum absolute atomic E-state index is 0.0310. The Bertz CT molecular complexity index is 1630. The van der Waals surface area contributed by atoms with Crippen LogP contribution in [0.5, 0.6) is 0 Å². The number of pyridine rings is 1. The molecule has 4 aromatic heterocycles. The van der Waals surface area contributed by atoms with Crippen LogP contribution in [0.25, 0.3) is 28.1 Å². The zero-order valence-corrected chi connectivity index (χ0v) is 21.2. The lowest BCUT2D eigenvalue weighted by molar-refractivity contribution is -0.144. The van der Waals surface area contributed by atoms with Gasteiger partial charge in [-0.05, 0) is 41.1 Å². The second kappa shape index (κ2) is 11.6. The maximum absolute atomic E-state index is 15.1. The smallest absolute Gasteiger partial charge is 0.323 e. The summed E-state index contributed by atoms with van der Waals surface area (Å²) in [5, 5.41) is 15.0. The molecule has 0 fully saturated rings. The summed E-state index contributed by atoms with van der Waals surface area (Å²) >= 11 is 6.01. The molecule has 0 saturated carbocycles. The summed E-state index contributed by atoms with van der Waals surface area (Å²) in [6.07, 6.45) is 1.49. The van der Waals surface area contributed by atoms with E-state index >= 15 is 4.39 Å². The number of ether oxygens (including phenoxy) is 1. The molecule has 0 saturated heterocycles. The fourth-order valence-corrected chi connectivity index (χ4v) is 4.17. The molecule has 5 aromatic rings. The van der Waals surface area contributed by atoms with Crippen molar-refractivity contribution in [3.8, 4) is 28.1 Å². The van der Waals surface area contributed by atoms with Crippen LogP contribution < -0.4 is 0 Å². The predicted octanol–water partition coefficient (Wildman–Crippen LogP) is 5.41. The van der Waals surface area contributed by atoms with Crippen molar-refractivity contribution in [3.63, 3.8) is 0 Å². The highest BCUT2D eigenvalue weighted by Gasteiger charge is 2.34. The van der Waals surface area contributed by atoms with Crippen LogP contribution in [-0.2, 0) is 10.9 Å². The molecule has 5 rings (SSSR count). The van der Waals surface area contributed by atoms with Crippen molar-refractivity contribution in [1.82, 2.24) is 44.9 Å². The third kappa shape index (κ3) is 6.17. The van der Waals surface area contributed by atoms with Crippen molar-refractivity contribution in [2.45, 2.75) is 25.3 Å². The van der Waals surface area contributed by atoms with E-state index < -0.39 is 30.5 Å². The first-order valence-electron chi connectivity index (χ1n) is 11.6. The van der Waals surface area contributed by atoms with Gasteiger partial charge in [-0.2, -0.15) is 31.7 Å². The lowest BCUT2D eigenvalue weighted by Crippen LogP contribution is -2.16. The third-order valence-electron chi connectivity index (χ3n) is 5.85. The number of hydrogen-bond donors (Lipinski definition) is 0. The van der Waals surface area contributed by atoms with Gasteiger partial charge in [0.05, 0.1) is 40.9 Å². The molecule has 0 spiro atoms. The molecule has 0 amide bonds. The van der Waals surface area contributed by atoms with Crippen LogP contribution in [0.4, 0.5) is 26.3 Å². The van der Waals surface area contributed by atoms with E-state index in [1.54, 1.807) is 0 Å². The molecule has 17 heteroatoms. The van der Waals surface area contributed by atoms with Gasteiger partial charge in [0.2, 0.25) is 5.82 Å². The van der Waals surface area contributed by atoms with Crippen LogP contribution in [0.1, 0.15) is 24.0 Å².